The van der Waals surface area contributed by atoms with E-state index in [2.05, 4.69) is 9.71 Å². The number of halogens is 2. The highest BCUT2D eigenvalue weighted by Gasteiger charge is 2.19. The maximum absolute atomic E-state index is 12.8. The average molecular weight is 372 g/mol. The van der Waals surface area contributed by atoms with Gasteiger partial charge in [0, 0.05) is 31.5 Å². The number of aromatic nitrogens is 2. The third-order valence-electron chi connectivity index (χ3n) is 3.41. The molecule has 0 saturated heterocycles. The van der Waals surface area contributed by atoms with Crippen LogP contribution in [0.5, 0.6) is 0 Å². The fourth-order valence-electron chi connectivity index (χ4n) is 2.22. The summed E-state index contributed by atoms with van der Waals surface area (Å²) in [5.74, 6) is -0.473. The number of hydrogen-bond donors (Lipinski definition) is 1. The lowest BCUT2D eigenvalue weighted by Gasteiger charge is -2.18. The Bertz CT molecular complexity index is 852. The van der Waals surface area contributed by atoms with Crippen molar-refractivity contribution in [3.8, 4) is 0 Å². The first-order valence-corrected chi connectivity index (χ1v) is 8.89. The van der Waals surface area contributed by atoms with Gasteiger partial charge in [-0.25, -0.2) is 18.1 Å². The van der Waals surface area contributed by atoms with Gasteiger partial charge in [-0.05, 0) is 18.2 Å². The highest BCUT2D eigenvalue weighted by Crippen LogP contribution is 2.16. The molecule has 7 nitrogen and oxygen atoms in total. The zero-order valence-electron chi connectivity index (χ0n) is 13.7. The van der Waals surface area contributed by atoms with E-state index in [-0.39, 0.29) is 29.4 Å². The zero-order chi connectivity index (χ0) is 18.6. The van der Waals surface area contributed by atoms with Gasteiger partial charge in [0.05, 0.1) is 11.4 Å². The summed E-state index contributed by atoms with van der Waals surface area (Å²) in [6.07, 6.45) is 2.35. The van der Waals surface area contributed by atoms with Crippen LogP contribution in [0.1, 0.15) is 29.7 Å². The molecule has 1 heterocycles. The van der Waals surface area contributed by atoms with E-state index < -0.39 is 22.5 Å². The topological polar surface area (TPSA) is 84.3 Å². The van der Waals surface area contributed by atoms with Crippen molar-refractivity contribution < 1.29 is 22.0 Å². The van der Waals surface area contributed by atoms with E-state index in [1.165, 1.54) is 42.4 Å². The van der Waals surface area contributed by atoms with Gasteiger partial charge in [0.25, 0.3) is 5.91 Å². The first-order valence-electron chi connectivity index (χ1n) is 7.41. The Kier molecular flexibility index (Phi) is 5.85. The molecule has 2 rings (SSSR count). The number of alkyl halides is 2. The summed E-state index contributed by atoms with van der Waals surface area (Å²) in [6.45, 7) is -1.03. The second kappa shape index (κ2) is 7.70. The molecule has 0 saturated carbocycles. The van der Waals surface area contributed by atoms with E-state index in [1.54, 1.807) is 6.92 Å². The molecule has 0 fully saturated rings. The molecule has 0 aliphatic carbocycles. The Balaban J connectivity index is 2.21. The van der Waals surface area contributed by atoms with E-state index >= 15 is 0 Å². The number of sulfonamides is 1. The van der Waals surface area contributed by atoms with Gasteiger partial charge >= 0.3 is 6.55 Å². The van der Waals surface area contributed by atoms with Crippen LogP contribution in [0.4, 0.5) is 8.78 Å². The maximum atomic E-state index is 12.8. The van der Waals surface area contributed by atoms with Crippen molar-refractivity contribution in [2.24, 2.45) is 0 Å². The Hall–Kier alpha value is -2.33. The number of rotatable bonds is 7. The molecule has 1 N–H and O–H groups in total. The standard InChI is InChI=1S/C15H18F2N4O3S/c1-3-19-25(23,24)12-6-4-5-11(9-12)14(22)20(2)10-13-18-7-8-21(13)15(16)17/h4-9,15,19H,3,10H2,1-2H3. The lowest BCUT2D eigenvalue weighted by molar-refractivity contribution is 0.0612. The van der Waals surface area contributed by atoms with E-state index in [4.69, 9.17) is 0 Å². The van der Waals surface area contributed by atoms with E-state index in [0.717, 1.165) is 6.20 Å². The molecule has 0 aliphatic rings. The van der Waals surface area contributed by atoms with Gasteiger partial charge in [-0.1, -0.05) is 13.0 Å². The van der Waals surface area contributed by atoms with Crippen molar-refractivity contribution in [2.75, 3.05) is 13.6 Å². The third-order valence-corrected chi connectivity index (χ3v) is 4.95. The Morgan fingerprint density at radius 3 is 2.76 bits per heavy atom. The molecule has 1 aromatic carbocycles. The number of carbonyl (C=O) groups excluding carboxylic acids is 1. The number of amides is 1. The van der Waals surface area contributed by atoms with Gasteiger partial charge in [-0.2, -0.15) is 8.78 Å². The molecule has 0 unspecified atom stereocenters. The van der Waals surface area contributed by atoms with Crippen molar-refractivity contribution >= 4 is 15.9 Å². The summed E-state index contributed by atoms with van der Waals surface area (Å²) < 4.78 is 52.7. The van der Waals surface area contributed by atoms with Gasteiger partial charge in [0.15, 0.2) is 0 Å². The minimum absolute atomic E-state index is 0.0299. The SMILES string of the molecule is CCNS(=O)(=O)c1cccc(C(=O)N(C)Cc2nccn2C(F)F)c1. The van der Waals surface area contributed by atoms with Crippen molar-refractivity contribution in [3.63, 3.8) is 0 Å². The molecule has 0 radical (unpaired) electrons. The van der Waals surface area contributed by atoms with E-state index in [0.29, 0.717) is 4.57 Å². The molecule has 0 spiro atoms. The molecular weight excluding hydrogens is 354 g/mol. The average Bonchev–Trinajstić information content (AvgIpc) is 3.02. The van der Waals surface area contributed by atoms with Gasteiger partial charge < -0.3 is 4.90 Å². The number of benzene rings is 1. The third kappa shape index (κ3) is 4.40. The van der Waals surface area contributed by atoms with E-state index in [9.17, 15) is 22.0 Å². The van der Waals surface area contributed by atoms with Gasteiger partial charge in [-0.3, -0.25) is 9.36 Å². The van der Waals surface area contributed by atoms with Crippen molar-refractivity contribution in [2.45, 2.75) is 24.9 Å². The van der Waals surface area contributed by atoms with Crippen LogP contribution in [0.3, 0.4) is 0 Å². The van der Waals surface area contributed by atoms with Crippen molar-refractivity contribution in [3.05, 3.63) is 48.0 Å². The van der Waals surface area contributed by atoms with Crippen LogP contribution < -0.4 is 4.72 Å². The molecule has 0 aliphatic heterocycles. The molecule has 1 amide bonds. The summed E-state index contributed by atoms with van der Waals surface area (Å²) in [5.41, 5.74) is 0.136. The lowest BCUT2D eigenvalue weighted by atomic mass is 10.2. The molecule has 136 valence electrons. The summed E-state index contributed by atoms with van der Waals surface area (Å²) >= 11 is 0. The molecule has 0 bridgehead atoms. The van der Waals surface area contributed by atoms with Crippen LogP contribution in [0.25, 0.3) is 0 Å². The highest BCUT2D eigenvalue weighted by atomic mass is 32.2. The Labute approximate surface area is 144 Å². The summed E-state index contributed by atoms with van der Waals surface area (Å²) in [6, 6.07) is 5.53. The quantitative estimate of drug-likeness (QED) is 0.804. The summed E-state index contributed by atoms with van der Waals surface area (Å²) in [4.78, 5) is 17.4. The van der Waals surface area contributed by atoms with Crippen molar-refractivity contribution in [1.82, 2.24) is 19.2 Å². The minimum Gasteiger partial charge on any atom is -0.334 e. The van der Waals surface area contributed by atoms with Crippen LogP contribution in [0, 0.1) is 0 Å². The fraction of sp³-hybridized carbons (Fsp3) is 0.333. The monoisotopic (exact) mass is 372 g/mol. The van der Waals surface area contributed by atoms with Gasteiger partial charge in [0.1, 0.15) is 5.82 Å². The van der Waals surface area contributed by atoms with Gasteiger partial charge in [0.2, 0.25) is 10.0 Å². The molecule has 1 aromatic heterocycles. The predicted molar refractivity (Wildman–Crippen MR) is 86.6 cm³/mol. The second-order valence-electron chi connectivity index (χ2n) is 5.22. The number of imidazole rings is 1. The fourth-order valence-corrected chi connectivity index (χ4v) is 3.30. The number of carbonyl (C=O) groups is 1. The number of nitrogens with one attached hydrogen (secondary N) is 1. The summed E-state index contributed by atoms with van der Waals surface area (Å²) in [5, 5.41) is 0. The zero-order valence-corrected chi connectivity index (χ0v) is 14.5. The molecule has 25 heavy (non-hydrogen) atoms. The largest absolute Gasteiger partial charge is 0.334 e. The molecule has 0 atom stereocenters. The van der Waals surface area contributed by atoms with Gasteiger partial charge in [-0.15, -0.1) is 0 Å². The normalized spacial score (nSPS) is 11.7. The number of hydrogen-bond acceptors (Lipinski definition) is 4. The predicted octanol–water partition coefficient (Wildman–Crippen LogP) is 1.85. The first kappa shape index (κ1) is 19.0. The smallest absolute Gasteiger partial charge is 0.319 e. The Morgan fingerprint density at radius 2 is 2.12 bits per heavy atom. The van der Waals surface area contributed by atoms with Crippen LogP contribution in [0.15, 0.2) is 41.6 Å². The van der Waals surface area contributed by atoms with Crippen LogP contribution in [-0.4, -0.2) is 42.4 Å². The first-order chi connectivity index (χ1) is 11.8. The summed E-state index contributed by atoms with van der Waals surface area (Å²) in [7, 11) is -2.27. The molecule has 2 aromatic rings. The molecular formula is C15H18F2N4O3S. The van der Waals surface area contributed by atoms with E-state index in [1.807, 2.05) is 0 Å². The minimum atomic E-state index is -3.70. The van der Waals surface area contributed by atoms with Crippen LogP contribution in [-0.2, 0) is 16.6 Å². The Morgan fingerprint density at radius 1 is 1.40 bits per heavy atom. The molecule has 10 heteroatoms. The van der Waals surface area contributed by atoms with Crippen LogP contribution >= 0.6 is 0 Å². The lowest BCUT2D eigenvalue weighted by Crippen LogP contribution is -2.28. The van der Waals surface area contributed by atoms with Crippen LogP contribution in [0.2, 0.25) is 0 Å². The number of nitrogens with zero attached hydrogens (tertiary/aromatic N) is 3. The van der Waals surface area contributed by atoms with Crippen molar-refractivity contribution in [1.29, 1.82) is 0 Å². The second-order valence-corrected chi connectivity index (χ2v) is 6.99. The highest BCUT2D eigenvalue weighted by molar-refractivity contribution is 7.89. The maximum Gasteiger partial charge on any atom is 0.319 e.